The second-order valence-electron chi connectivity index (χ2n) is 6.77. The zero-order chi connectivity index (χ0) is 20.1. The van der Waals surface area contributed by atoms with Crippen molar-refractivity contribution in [1.29, 1.82) is 0 Å². The molecule has 0 unspecified atom stereocenters. The standard InChI is InChI=1S/C24H21N3O2.ClH/c1-17-22(23(27-29-17)20-7-3-2-4-8-20)19-9-11-21(12-10-19)24(28)26-15-13-18-6-5-14-25-16-18;/h2-12,14,16H,13,15H2,1H3,(H,26,28);1H. The Hall–Kier alpha value is -3.44. The first-order valence-corrected chi connectivity index (χ1v) is 9.51. The molecule has 0 atom stereocenters. The Morgan fingerprint density at radius 3 is 2.43 bits per heavy atom. The number of nitrogens with one attached hydrogen (secondary N) is 1. The van der Waals surface area contributed by atoms with Gasteiger partial charge in [0.1, 0.15) is 11.5 Å². The van der Waals surface area contributed by atoms with Crippen LogP contribution in [0.3, 0.4) is 0 Å². The topological polar surface area (TPSA) is 68.0 Å². The molecule has 4 rings (SSSR count). The zero-order valence-corrected chi connectivity index (χ0v) is 17.4. The van der Waals surface area contributed by atoms with E-state index in [1.807, 2.05) is 79.9 Å². The summed E-state index contributed by atoms with van der Waals surface area (Å²) in [4.78, 5) is 16.5. The molecule has 0 aliphatic carbocycles. The number of halogens is 1. The Morgan fingerprint density at radius 1 is 0.967 bits per heavy atom. The Bertz CT molecular complexity index is 1090. The summed E-state index contributed by atoms with van der Waals surface area (Å²) in [5.74, 6) is 0.656. The lowest BCUT2D eigenvalue weighted by Gasteiger charge is -2.07. The number of hydrogen-bond acceptors (Lipinski definition) is 4. The van der Waals surface area contributed by atoms with Crippen molar-refractivity contribution in [1.82, 2.24) is 15.5 Å². The summed E-state index contributed by atoms with van der Waals surface area (Å²) in [5, 5.41) is 7.18. The van der Waals surface area contributed by atoms with Gasteiger partial charge in [-0.1, -0.05) is 53.7 Å². The lowest BCUT2D eigenvalue weighted by atomic mass is 9.98. The van der Waals surface area contributed by atoms with Gasteiger partial charge in [0.25, 0.3) is 5.91 Å². The van der Waals surface area contributed by atoms with Gasteiger partial charge >= 0.3 is 0 Å². The highest BCUT2D eigenvalue weighted by molar-refractivity contribution is 5.95. The molecule has 0 aliphatic heterocycles. The molecule has 2 heterocycles. The molecule has 0 aliphatic rings. The van der Waals surface area contributed by atoms with Gasteiger partial charge in [0, 0.05) is 30.1 Å². The molecule has 2 aromatic carbocycles. The van der Waals surface area contributed by atoms with Gasteiger partial charge in [0.2, 0.25) is 0 Å². The highest BCUT2D eigenvalue weighted by atomic mass is 35.5. The van der Waals surface area contributed by atoms with E-state index in [2.05, 4.69) is 15.5 Å². The predicted molar refractivity (Wildman–Crippen MR) is 120 cm³/mol. The van der Waals surface area contributed by atoms with Crippen LogP contribution >= 0.6 is 12.4 Å². The average Bonchev–Trinajstić information content (AvgIpc) is 3.16. The van der Waals surface area contributed by atoms with Crippen molar-refractivity contribution in [2.45, 2.75) is 13.3 Å². The van der Waals surface area contributed by atoms with Gasteiger partial charge in [0.05, 0.1) is 5.56 Å². The normalized spacial score (nSPS) is 10.3. The molecule has 30 heavy (non-hydrogen) atoms. The second kappa shape index (κ2) is 9.85. The first-order chi connectivity index (χ1) is 14.2. The molecule has 5 nitrogen and oxygen atoms in total. The van der Waals surface area contributed by atoms with E-state index < -0.39 is 0 Å². The molecule has 0 radical (unpaired) electrons. The van der Waals surface area contributed by atoms with Crippen LogP contribution < -0.4 is 5.32 Å². The monoisotopic (exact) mass is 419 g/mol. The highest BCUT2D eigenvalue weighted by Crippen LogP contribution is 2.34. The number of aryl methyl sites for hydroxylation is 1. The van der Waals surface area contributed by atoms with Gasteiger partial charge in [-0.15, -0.1) is 12.4 Å². The summed E-state index contributed by atoms with van der Waals surface area (Å²) in [6.07, 6.45) is 4.30. The predicted octanol–water partition coefficient (Wildman–Crippen LogP) is 5.11. The van der Waals surface area contributed by atoms with E-state index >= 15 is 0 Å². The lowest BCUT2D eigenvalue weighted by Crippen LogP contribution is -2.25. The van der Waals surface area contributed by atoms with Crippen LogP contribution in [0.15, 0.2) is 83.6 Å². The molecule has 1 amide bonds. The Kier molecular flexibility index (Phi) is 6.99. The summed E-state index contributed by atoms with van der Waals surface area (Å²) in [6.45, 7) is 2.46. The van der Waals surface area contributed by atoms with Crippen molar-refractivity contribution < 1.29 is 9.32 Å². The molecule has 0 fully saturated rings. The van der Waals surface area contributed by atoms with Crippen LogP contribution in [0.4, 0.5) is 0 Å². The van der Waals surface area contributed by atoms with Crippen molar-refractivity contribution in [3.63, 3.8) is 0 Å². The fraction of sp³-hybridized carbons (Fsp3) is 0.125. The van der Waals surface area contributed by atoms with E-state index in [-0.39, 0.29) is 18.3 Å². The van der Waals surface area contributed by atoms with E-state index in [0.717, 1.165) is 40.1 Å². The van der Waals surface area contributed by atoms with Crippen molar-refractivity contribution in [3.8, 4) is 22.4 Å². The molecule has 6 heteroatoms. The van der Waals surface area contributed by atoms with E-state index in [1.54, 1.807) is 6.20 Å². The molecule has 4 aromatic rings. The van der Waals surface area contributed by atoms with E-state index in [0.29, 0.717) is 12.1 Å². The smallest absolute Gasteiger partial charge is 0.251 e. The van der Waals surface area contributed by atoms with Gasteiger partial charge in [-0.05, 0) is 42.7 Å². The molecule has 152 valence electrons. The Morgan fingerprint density at radius 2 is 1.73 bits per heavy atom. The number of pyridine rings is 1. The lowest BCUT2D eigenvalue weighted by molar-refractivity contribution is 0.0954. The molecule has 2 aromatic heterocycles. The second-order valence-corrected chi connectivity index (χ2v) is 6.77. The third-order valence-corrected chi connectivity index (χ3v) is 4.77. The third-order valence-electron chi connectivity index (χ3n) is 4.77. The van der Waals surface area contributed by atoms with E-state index in [9.17, 15) is 4.79 Å². The van der Waals surface area contributed by atoms with Gasteiger partial charge in [-0.25, -0.2) is 0 Å². The Balaban J connectivity index is 0.00000256. The Labute approximate surface area is 181 Å². The summed E-state index contributed by atoms with van der Waals surface area (Å²) in [7, 11) is 0. The van der Waals surface area contributed by atoms with Crippen molar-refractivity contribution in [3.05, 3.63) is 96.0 Å². The van der Waals surface area contributed by atoms with Crippen LogP contribution in [-0.4, -0.2) is 22.6 Å². The van der Waals surface area contributed by atoms with Crippen molar-refractivity contribution >= 4 is 18.3 Å². The zero-order valence-electron chi connectivity index (χ0n) is 16.5. The summed E-state index contributed by atoms with van der Waals surface area (Å²) < 4.78 is 5.44. The van der Waals surface area contributed by atoms with Crippen molar-refractivity contribution in [2.24, 2.45) is 0 Å². The van der Waals surface area contributed by atoms with Gasteiger partial charge in [-0.2, -0.15) is 0 Å². The maximum atomic E-state index is 12.4. The van der Waals surface area contributed by atoms with Crippen LogP contribution in [0.25, 0.3) is 22.4 Å². The summed E-state index contributed by atoms with van der Waals surface area (Å²) in [5.41, 5.74) is 5.43. The fourth-order valence-corrected chi connectivity index (χ4v) is 3.26. The van der Waals surface area contributed by atoms with Crippen LogP contribution in [-0.2, 0) is 6.42 Å². The van der Waals surface area contributed by atoms with Gasteiger partial charge in [0.15, 0.2) is 0 Å². The minimum absolute atomic E-state index is 0. The molecule has 0 saturated heterocycles. The first-order valence-electron chi connectivity index (χ1n) is 9.51. The third kappa shape index (κ3) is 4.75. The summed E-state index contributed by atoms with van der Waals surface area (Å²) >= 11 is 0. The number of amides is 1. The van der Waals surface area contributed by atoms with Crippen LogP contribution in [0.2, 0.25) is 0 Å². The minimum Gasteiger partial charge on any atom is -0.360 e. The maximum Gasteiger partial charge on any atom is 0.251 e. The van der Waals surface area contributed by atoms with E-state index in [4.69, 9.17) is 4.52 Å². The van der Waals surface area contributed by atoms with Gasteiger partial charge in [-0.3, -0.25) is 9.78 Å². The molecule has 0 spiro atoms. The number of nitrogens with zero attached hydrogens (tertiary/aromatic N) is 2. The number of carbonyl (C=O) groups excluding carboxylic acids is 1. The quantitative estimate of drug-likeness (QED) is 0.471. The average molecular weight is 420 g/mol. The fourth-order valence-electron chi connectivity index (χ4n) is 3.26. The number of aromatic nitrogens is 2. The molecular weight excluding hydrogens is 398 g/mol. The van der Waals surface area contributed by atoms with Crippen LogP contribution in [0.1, 0.15) is 21.7 Å². The SMILES string of the molecule is Cc1onc(-c2ccccc2)c1-c1ccc(C(=O)NCCc2cccnc2)cc1.Cl. The number of benzene rings is 2. The minimum atomic E-state index is -0.0919. The summed E-state index contributed by atoms with van der Waals surface area (Å²) in [6, 6.07) is 21.3. The molecule has 0 saturated carbocycles. The largest absolute Gasteiger partial charge is 0.360 e. The van der Waals surface area contributed by atoms with Crippen LogP contribution in [0.5, 0.6) is 0 Å². The molecular formula is C24H22ClN3O2. The number of carbonyl (C=O) groups is 1. The van der Waals surface area contributed by atoms with Crippen molar-refractivity contribution in [2.75, 3.05) is 6.54 Å². The first kappa shape index (κ1) is 21.3. The van der Waals surface area contributed by atoms with E-state index in [1.165, 1.54) is 0 Å². The highest BCUT2D eigenvalue weighted by Gasteiger charge is 2.17. The maximum absolute atomic E-state index is 12.4. The van der Waals surface area contributed by atoms with Crippen LogP contribution in [0, 0.1) is 6.92 Å². The molecule has 0 bridgehead atoms. The molecule has 1 N–H and O–H groups in total. The van der Waals surface area contributed by atoms with Gasteiger partial charge < -0.3 is 9.84 Å². The number of hydrogen-bond donors (Lipinski definition) is 1. The number of rotatable bonds is 6.